The number of amides is 2. The fourth-order valence-corrected chi connectivity index (χ4v) is 3.06. The van der Waals surface area contributed by atoms with Crippen molar-refractivity contribution in [1.29, 1.82) is 0 Å². The summed E-state index contributed by atoms with van der Waals surface area (Å²) >= 11 is 3.28. The number of esters is 1. The van der Waals surface area contributed by atoms with E-state index in [9.17, 15) is 14.4 Å². The van der Waals surface area contributed by atoms with Gasteiger partial charge in [-0.05, 0) is 50.2 Å². The molecule has 154 valence electrons. The topological polar surface area (TPSA) is 102 Å². The summed E-state index contributed by atoms with van der Waals surface area (Å²) in [5, 5.41) is 4.38. The lowest BCUT2D eigenvalue weighted by Crippen LogP contribution is -2.43. The third kappa shape index (κ3) is 4.93. The Balaban J connectivity index is 1.56. The first-order valence-electron chi connectivity index (χ1n) is 9.00. The number of hydrogen-bond donors (Lipinski definition) is 2. The molecule has 0 aliphatic carbocycles. The number of benzene rings is 2. The molecule has 0 unspecified atom stereocenters. The molecule has 0 bridgehead atoms. The van der Waals surface area contributed by atoms with Gasteiger partial charge in [0.25, 0.3) is 11.8 Å². The third-order valence-corrected chi connectivity index (χ3v) is 4.78. The van der Waals surface area contributed by atoms with E-state index < -0.39 is 24.4 Å². The van der Waals surface area contributed by atoms with Crippen LogP contribution < -0.4 is 10.9 Å². The van der Waals surface area contributed by atoms with Gasteiger partial charge in [0.1, 0.15) is 5.56 Å². The van der Waals surface area contributed by atoms with Crippen LogP contribution in [0.15, 0.2) is 59.1 Å². The Morgan fingerprint density at radius 1 is 1.00 bits per heavy atom. The summed E-state index contributed by atoms with van der Waals surface area (Å²) in [7, 11) is 0. The third-order valence-electron chi connectivity index (χ3n) is 4.25. The summed E-state index contributed by atoms with van der Waals surface area (Å²) in [6.45, 7) is 2.90. The summed E-state index contributed by atoms with van der Waals surface area (Å²) in [5.41, 5.74) is 7.06. The van der Waals surface area contributed by atoms with Gasteiger partial charge in [-0.15, -0.1) is 0 Å². The first-order chi connectivity index (χ1) is 14.4. The molecule has 3 aromatic rings. The van der Waals surface area contributed by atoms with Crippen LogP contribution in [0.25, 0.3) is 5.69 Å². The molecule has 0 aliphatic heterocycles. The molecule has 8 nitrogen and oxygen atoms in total. The lowest BCUT2D eigenvalue weighted by atomic mass is 10.2. The summed E-state index contributed by atoms with van der Waals surface area (Å²) in [5.74, 6) is -1.82. The molecular formula is C21H19BrN4O4. The van der Waals surface area contributed by atoms with Crippen molar-refractivity contribution in [2.45, 2.75) is 13.8 Å². The maximum absolute atomic E-state index is 12.5. The standard InChI is InChI=1S/C21H19BrN4O4/c1-13-19(14(2)26(25-13)17-6-4-3-5-7-17)21(29)30-12-18(27)23-24-20(28)15-8-10-16(22)11-9-15/h3-11H,12H2,1-2H3,(H,23,27)(H,24,28). The van der Waals surface area contributed by atoms with Crippen LogP contribution in [0.4, 0.5) is 0 Å². The summed E-state index contributed by atoms with van der Waals surface area (Å²) in [6.07, 6.45) is 0. The molecule has 2 aromatic carbocycles. The minimum Gasteiger partial charge on any atom is -0.452 e. The van der Waals surface area contributed by atoms with E-state index in [-0.39, 0.29) is 0 Å². The van der Waals surface area contributed by atoms with E-state index in [1.54, 1.807) is 42.8 Å². The minimum absolute atomic E-state index is 0.297. The number of aryl methyl sites for hydroxylation is 1. The Kier molecular flexibility index (Phi) is 6.63. The summed E-state index contributed by atoms with van der Waals surface area (Å²) in [6, 6.07) is 16.0. The molecule has 0 saturated carbocycles. The molecular weight excluding hydrogens is 452 g/mol. The summed E-state index contributed by atoms with van der Waals surface area (Å²) < 4.78 is 7.57. The van der Waals surface area contributed by atoms with E-state index in [0.717, 1.165) is 10.2 Å². The van der Waals surface area contributed by atoms with Gasteiger partial charge in [0.15, 0.2) is 6.61 Å². The van der Waals surface area contributed by atoms with E-state index >= 15 is 0 Å². The second kappa shape index (κ2) is 9.36. The highest BCUT2D eigenvalue weighted by atomic mass is 79.9. The van der Waals surface area contributed by atoms with Gasteiger partial charge in [-0.25, -0.2) is 9.48 Å². The van der Waals surface area contributed by atoms with Crippen molar-refractivity contribution in [2.24, 2.45) is 0 Å². The number of nitrogens with one attached hydrogen (secondary N) is 2. The van der Waals surface area contributed by atoms with Gasteiger partial charge < -0.3 is 4.74 Å². The maximum Gasteiger partial charge on any atom is 0.342 e. The van der Waals surface area contributed by atoms with Gasteiger partial charge in [0.2, 0.25) is 0 Å². The average molecular weight is 471 g/mol. The number of rotatable bonds is 5. The number of ether oxygens (including phenoxy) is 1. The highest BCUT2D eigenvalue weighted by Crippen LogP contribution is 2.18. The minimum atomic E-state index is -0.667. The number of hydrazine groups is 1. The van der Waals surface area contributed by atoms with Gasteiger partial charge >= 0.3 is 5.97 Å². The molecule has 0 spiro atoms. The van der Waals surface area contributed by atoms with Gasteiger partial charge in [0.05, 0.1) is 17.1 Å². The largest absolute Gasteiger partial charge is 0.452 e. The lowest BCUT2D eigenvalue weighted by Gasteiger charge is -2.09. The van der Waals surface area contributed by atoms with E-state index in [2.05, 4.69) is 31.9 Å². The molecule has 0 fully saturated rings. The second-order valence-electron chi connectivity index (χ2n) is 6.38. The Morgan fingerprint density at radius 2 is 1.67 bits per heavy atom. The van der Waals surface area contributed by atoms with Crippen molar-refractivity contribution < 1.29 is 19.1 Å². The van der Waals surface area contributed by atoms with E-state index in [4.69, 9.17) is 4.74 Å². The van der Waals surface area contributed by atoms with Gasteiger partial charge in [0, 0.05) is 10.0 Å². The first-order valence-corrected chi connectivity index (χ1v) is 9.79. The molecule has 0 radical (unpaired) electrons. The van der Waals surface area contributed by atoms with Crippen molar-refractivity contribution in [2.75, 3.05) is 6.61 Å². The lowest BCUT2D eigenvalue weighted by molar-refractivity contribution is -0.125. The van der Waals surface area contributed by atoms with Crippen LogP contribution in [0.1, 0.15) is 32.1 Å². The SMILES string of the molecule is Cc1nn(-c2ccccc2)c(C)c1C(=O)OCC(=O)NNC(=O)c1ccc(Br)cc1. The van der Waals surface area contributed by atoms with Crippen molar-refractivity contribution in [3.63, 3.8) is 0 Å². The van der Waals surface area contributed by atoms with E-state index in [1.165, 1.54) is 0 Å². The molecule has 30 heavy (non-hydrogen) atoms. The highest BCUT2D eigenvalue weighted by molar-refractivity contribution is 9.10. The number of aromatic nitrogens is 2. The van der Waals surface area contributed by atoms with Crippen molar-refractivity contribution in [3.8, 4) is 5.69 Å². The van der Waals surface area contributed by atoms with Crippen LogP contribution in [0, 0.1) is 13.8 Å². The highest BCUT2D eigenvalue weighted by Gasteiger charge is 2.21. The molecule has 9 heteroatoms. The smallest absolute Gasteiger partial charge is 0.342 e. The average Bonchev–Trinajstić information content (AvgIpc) is 3.05. The van der Waals surface area contributed by atoms with E-state index in [0.29, 0.717) is 22.5 Å². The van der Waals surface area contributed by atoms with Crippen molar-refractivity contribution >= 4 is 33.7 Å². The number of hydrogen-bond acceptors (Lipinski definition) is 5. The predicted molar refractivity (Wildman–Crippen MR) is 113 cm³/mol. The molecule has 2 amide bonds. The number of carbonyl (C=O) groups excluding carboxylic acids is 3. The number of para-hydroxylation sites is 1. The molecule has 1 aromatic heterocycles. The zero-order valence-electron chi connectivity index (χ0n) is 16.3. The van der Waals surface area contributed by atoms with Crippen molar-refractivity contribution in [1.82, 2.24) is 20.6 Å². The van der Waals surface area contributed by atoms with Crippen LogP contribution in [0.2, 0.25) is 0 Å². The zero-order chi connectivity index (χ0) is 21.7. The predicted octanol–water partition coefficient (Wildman–Crippen LogP) is 2.87. The molecule has 2 N–H and O–H groups in total. The molecule has 3 rings (SSSR count). The molecule has 0 atom stereocenters. The van der Waals surface area contributed by atoms with Crippen LogP contribution >= 0.6 is 15.9 Å². The maximum atomic E-state index is 12.5. The Bertz CT molecular complexity index is 1080. The summed E-state index contributed by atoms with van der Waals surface area (Å²) in [4.78, 5) is 36.4. The molecule has 0 aliphatic rings. The van der Waals surface area contributed by atoms with Gasteiger partial charge in [-0.2, -0.15) is 5.10 Å². The van der Waals surface area contributed by atoms with Gasteiger partial charge in [-0.3, -0.25) is 20.4 Å². The quantitative estimate of drug-likeness (QED) is 0.440. The number of nitrogens with zero attached hydrogens (tertiary/aromatic N) is 2. The Labute approximate surface area is 181 Å². The molecule has 0 saturated heterocycles. The van der Waals surface area contributed by atoms with Crippen LogP contribution in [-0.4, -0.2) is 34.2 Å². The zero-order valence-corrected chi connectivity index (χ0v) is 17.9. The van der Waals surface area contributed by atoms with E-state index in [1.807, 2.05) is 30.3 Å². The normalized spacial score (nSPS) is 10.4. The van der Waals surface area contributed by atoms with Crippen LogP contribution in [0.3, 0.4) is 0 Å². The fourth-order valence-electron chi connectivity index (χ4n) is 2.80. The van der Waals surface area contributed by atoms with Crippen LogP contribution in [0.5, 0.6) is 0 Å². The van der Waals surface area contributed by atoms with Gasteiger partial charge in [-0.1, -0.05) is 34.1 Å². The van der Waals surface area contributed by atoms with Crippen molar-refractivity contribution in [3.05, 3.63) is 81.6 Å². The number of carbonyl (C=O) groups is 3. The number of halogens is 1. The fraction of sp³-hybridized carbons (Fsp3) is 0.143. The Morgan fingerprint density at radius 3 is 2.33 bits per heavy atom. The Hall–Kier alpha value is -3.46. The molecule has 1 heterocycles. The second-order valence-corrected chi connectivity index (χ2v) is 7.29. The monoisotopic (exact) mass is 470 g/mol. The van der Waals surface area contributed by atoms with Crippen LogP contribution in [-0.2, 0) is 9.53 Å². The first kappa shape index (κ1) is 21.3.